The molecular weight excluding hydrogens is 266 g/mol. The van der Waals surface area contributed by atoms with Gasteiger partial charge >= 0.3 is 0 Å². The lowest BCUT2D eigenvalue weighted by Gasteiger charge is -2.07. The molecule has 0 saturated carbocycles. The van der Waals surface area contributed by atoms with E-state index in [4.69, 9.17) is 15.7 Å². The van der Waals surface area contributed by atoms with Gasteiger partial charge in [-0.3, -0.25) is 4.79 Å². The zero-order valence-electron chi connectivity index (χ0n) is 11.4. The molecule has 0 saturated heterocycles. The summed E-state index contributed by atoms with van der Waals surface area (Å²) in [7, 11) is 0. The van der Waals surface area contributed by atoms with Gasteiger partial charge in [0, 0.05) is 17.4 Å². The van der Waals surface area contributed by atoms with E-state index in [0.717, 1.165) is 0 Å². The summed E-state index contributed by atoms with van der Waals surface area (Å²) in [5.74, 6) is 0.491. The minimum Gasteiger partial charge on any atom is -0.493 e. The molecule has 0 spiro atoms. The summed E-state index contributed by atoms with van der Waals surface area (Å²) >= 11 is 0. The van der Waals surface area contributed by atoms with E-state index >= 15 is 0 Å². The number of hydrogen-bond acceptors (Lipinski definition) is 4. The average Bonchev–Trinajstić information content (AvgIpc) is 2.48. The first kappa shape index (κ1) is 14.4. The number of carbonyl (C=O) groups is 1. The number of nitrogen functional groups attached to an aromatic ring is 1. The monoisotopic (exact) mass is 281 g/mol. The van der Waals surface area contributed by atoms with Gasteiger partial charge in [0.2, 0.25) is 5.91 Å². The van der Waals surface area contributed by atoms with E-state index in [1.807, 2.05) is 6.07 Å². The third-order valence-corrected chi connectivity index (χ3v) is 2.75. The van der Waals surface area contributed by atoms with Crippen LogP contribution in [0.3, 0.4) is 0 Å². The van der Waals surface area contributed by atoms with Crippen molar-refractivity contribution < 1.29 is 9.53 Å². The Morgan fingerprint density at radius 2 is 2.00 bits per heavy atom. The van der Waals surface area contributed by atoms with Gasteiger partial charge < -0.3 is 15.8 Å². The van der Waals surface area contributed by atoms with Crippen LogP contribution in [0.15, 0.2) is 48.5 Å². The van der Waals surface area contributed by atoms with Crippen LogP contribution in [0.4, 0.5) is 11.4 Å². The summed E-state index contributed by atoms with van der Waals surface area (Å²) < 4.78 is 5.45. The highest BCUT2D eigenvalue weighted by atomic mass is 16.5. The number of nitrogens with zero attached hydrogens (tertiary/aromatic N) is 1. The number of carbonyl (C=O) groups excluding carboxylic acids is 1. The fourth-order valence-corrected chi connectivity index (χ4v) is 1.72. The molecule has 3 N–H and O–H groups in total. The molecule has 0 unspecified atom stereocenters. The van der Waals surface area contributed by atoms with Gasteiger partial charge in [0.25, 0.3) is 0 Å². The van der Waals surface area contributed by atoms with Crippen molar-refractivity contribution in [3.05, 3.63) is 54.1 Å². The molecule has 0 bridgehead atoms. The maximum absolute atomic E-state index is 11.7. The lowest BCUT2D eigenvalue weighted by Crippen LogP contribution is -2.15. The first-order valence-electron chi connectivity index (χ1n) is 6.46. The van der Waals surface area contributed by atoms with Gasteiger partial charge in [-0.1, -0.05) is 6.07 Å². The first-order chi connectivity index (χ1) is 10.2. The largest absolute Gasteiger partial charge is 0.493 e. The standard InChI is InChI=1S/C16H15N3O2/c17-11-12-4-6-14(7-5-12)19-16(20)8-9-21-15-3-1-2-13(18)10-15/h1-7,10H,8-9,18H2,(H,19,20). The van der Waals surface area contributed by atoms with Crippen LogP contribution in [0, 0.1) is 11.3 Å². The Hall–Kier alpha value is -3.00. The van der Waals surface area contributed by atoms with E-state index in [-0.39, 0.29) is 18.9 Å². The molecule has 2 aromatic rings. The summed E-state index contributed by atoms with van der Waals surface area (Å²) in [6, 6.07) is 15.8. The Labute approximate surface area is 123 Å². The second-order valence-corrected chi connectivity index (χ2v) is 4.41. The highest BCUT2D eigenvalue weighted by molar-refractivity contribution is 5.90. The number of benzene rings is 2. The third-order valence-electron chi connectivity index (χ3n) is 2.75. The molecule has 0 aliphatic carbocycles. The highest BCUT2D eigenvalue weighted by Crippen LogP contribution is 2.14. The molecule has 0 atom stereocenters. The van der Waals surface area contributed by atoms with Crippen LogP contribution >= 0.6 is 0 Å². The van der Waals surface area contributed by atoms with Crippen LogP contribution in [0.1, 0.15) is 12.0 Å². The van der Waals surface area contributed by atoms with Gasteiger partial charge in [0.05, 0.1) is 24.7 Å². The number of nitriles is 1. The Kier molecular flexibility index (Phi) is 4.78. The molecule has 0 aliphatic heterocycles. The van der Waals surface area contributed by atoms with Crippen LogP contribution in [0.25, 0.3) is 0 Å². The van der Waals surface area contributed by atoms with Gasteiger partial charge in [-0.05, 0) is 36.4 Å². The van der Waals surface area contributed by atoms with Crippen molar-refractivity contribution in [2.45, 2.75) is 6.42 Å². The average molecular weight is 281 g/mol. The van der Waals surface area contributed by atoms with Crippen molar-refractivity contribution in [2.75, 3.05) is 17.7 Å². The summed E-state index contributed by atoms with van der Waals surface area (Å²) in [5.41, 5.74) is 7.46. The molecule has 21 heavy (non-hydrogen) atoms. The number of nitrogens with two attached hydrogens (primary N) is 1. The van der Waals surface area contributed by atoms with E-state index < -0.39 is 0 Å². The SMILES string of the molecule is N#Cc1ccc(NC(=O)CCOc2cccc(N)c2)cc1. The lowest BCUT2D eigenvalue weighted by molar-refractivity contribution is -0.116. The Morgan fingerprint density at radius 1 is 1.24 bits per heavy atom. The van der Waals surface area contributed by atoms with Gasteiger partial charge in [0.1, 0.15) is 5.75 Å². The van der Waals surface area contributed by atoms with Crippen molar-refractivity contribution >= 4 is 17.3 Å². The summed E-state index contributed by atoms with van der Waals surface area (Å²) in [5, 5.41) is 11.4. The Balaban J connectivity index is 1.78. The molecule has 5 nitrogen and oxygen atoms in total. The van der Waals surface area contributed by atoms with Gasteiger partial charge in [-0.25, -0.2) is 0 Å². The highest BCUT2D eigenvalue weighted by Gasteiger charge is 2.03. The fraction of sp³-hybridized carbons (Fsp3) is 0.125. The molecule has 0 fully saturated rings. The Bertz CT molecular complexity index is 660. The molecule has 0 aliphatic rings. The first-order valence-corrected chi connectivity index (χ1v) is 6.46. The smallest absolute Gasteiger partial charge is 0.227 e. The van der Waals surface area contributed by atoms with Gasteiger partial charge in [-0.2, -0.15) is 5.26 Å². The van der Waals surface area contributed by atoms with Gasteiger partial charge in [0.15, 0.2) is 0 Å². The quantitative estimate of drug-likeness (QED) is 0.824. The van der Waals surface area contributed by atoms with Crippen molar-refractivity contribution in [1.29, 1.82) is 5.26 Å². The number of amides is 1. The van der Waals surface area contributed by atoms with Crippen LogP contribution in [-0.2, 0) is 4.79 Å². The predicted molar refractivity (Wildman–Crippen MR) is 80.8 cm³/mol. The third kappa shape index (κ3) is 4.55. The normalized spacial score (nSPS) is 9.67. The van der Waals surface area contributed by atoms with E-state index in [2.05, 4.69) is 5.32 Å². The minimum absolute atomic E-state index is 0.149. The van der Waals surface area contributed by atoms with Crippen LogP contribution in [0.5, 0.6) is 5.75 Å². The number of hydrogen-bond donors (Lipinski definition) is 2. The summed E-state index contributed by atoms with van der Waals surface area (Å²) in [6.07, 6.45) is 0.231. The molecule has 106 valence electrons. The van der Waals surface area contributed by atoms with Crippen LogP contribution < -0.4 is 15.8 Å². The maximum Gasteiger partial charge on any atom is 0.227 e. The minimum atomic E-state index is -0.149. The fourth-order valence-electron chi connectivity index (χ4n) is 1.72. The predicted octanol–water partition coefficient (Wildman–Crippen LogP) is 2.55. The summed E-state index contributed by atoms with van der Waals surface area (Å²) in [4.78, 5) is 11.7. The van der Waals surface area contributed by atoms with E-state index in [1.54, 1.807) is 48.5 Å². The number of ether oxygens (including phenoxy) is 1. The molecule has 5 heteroatoms. The molecule has 0 radical (unpaired) electrons. The van der Waals surface area contributed by atoms with E-state index in [1.165, 1.54) is 0 Å². The van der Waals surface area contributed by atoms with Crippen LogP contribution in [0.2, 0.25) is 0 Å². The molecular formula is C16H15N3O2. The van der Waals surface area contributed by atoms with Gasteiger partial charge in [-0.15, -0.1) is 0 Å². The van der Waals surface area contributed by atoms with Crippen molar-refractivity contribution in [3.8, 4) is 11.8 Å². The lowest BCUT2D eigenvalue weighted by atomic mass is 10.2. The van der Waals surface area contributed by atoms with Crippen molar-refractivity contribution in [3.63, 3.8) is 0 Å². The van der Waals surface area contributed by atoms with Crippen LogP contribution in [-0.4, -0.2) is 12.5 Å². The number of nitrogens with one attached hydrogen (secondary N) is 1. The summed E-state index contributed by atoms with van der Waals surface area (Å²) in [6.45, 7) is 0.269. The molecule has 1 amide bonds. The van der Waals surface area contributed by atoms with E-state index in [9.17, 15) is 4.79 Å². The molecule has 2 aromatic carbocycles. The number of anilines is 2. The second-order valence-electron chi connectivity index (χ2n) is 4.41. The van der Waals surface area contributed by atoms with Crippen molar-refractivity contribution in [1.82, 2.24) is 0 Å². The topological polar surface area (TPSA) is 88.1 Å². The number of rotatable bonds is 5. The van der Waals surface area contributed by atoms with Crippen molar-refractivity contribution in [2.24, 2.45) is 0 Å². The molecule has 2 rings (SSSR count). The zero-order chi connectivity index (χ0) is 15.1. The molecule has 0 heterocycles. The molecule has 0 aromatic heterocycles. The van der Waals surface area contributed by atoms with E-state index in [0.29, 0.717) is 22.7 Å². The Morgan fingerprint density at radius 3 is 2.67 bits per heavy atom. The zero-order valence-corrected chi connectivity index (χ0v) is 11.4. The maximum atomic E-state index is 11.7. The second kappa shape index (κ2) is 6.96.